The standard InChI is InChI=1S/C16H28NO/c1-5-17(6-2,7-3)12-13-18-14-16-10-8-15(4)9-11-16/h8-11H,5-7,12-14H2,1-4H3/q+1. The largest absolute Gasteiger partial charge is 0.371 e. The van der Waals surface area contributed by atoms with E-state index in [1.165, 1.54) is 30.8 Å². The molecule has 0 bridgehead atoms. The molecule has 0 saturated carbocycles. The van der Waals surface area contributed by atoms with E-state index in [1.807, 2.05) is 0 Å². The van der Waals surface area contributed by atoms with Crippen LogP contribution in [0.4, 0.5) is 0 Å². The molecule has 1 aromatic rings. The SMILES string of the molecule is CC[N+](CC)(CC)CCOCc1ccc(C)cc1. The summed E-state index contributed by atoms with van der Waals surface area (Å²) in [5, 5.41) is 0. The molecule has 0 aromatic heterocycles. The van der Waals surface area contributed by atoms with E-state index in [2.05, 4.69) is 52.0 Å². The molecule has 0 aliphatic heterocycles. The molecule has 102 valence electrons. The van der Waals surface area contributed by atoms with Gasteiger partial charge in [-0.05, 0) is 33.3 Å². The van der Waals surface area contributed by atoms with Crippen LogP contribution in [0.3, 0.4) is 0 Å². The quantitative estimate of drug-likeness (QED) is 0.507. The fraction of sp³-hybridized carbons (Fsp3) is 0.625. The fourth-order valence-corrected chi connectivity index (χ4v) is 2.28. The van der Waals surface area contributed by atoms with Crippen LogP contribution in [0.15, 0.2) is 24.3 Å². The number of hydrogen-bond acceptors (Lipinski definition) is 1. The second-order valence-electron chi connectivity index (χ2n) is 5.05. The van der Waals surface area contributed by atoms with Gasteiger partial charge in [-0.2, -0.15) is 0 Å². The van der Waals surface area contributed by atoms with Crippen molar-refractivity contribution in [2.24, 2.45) is 0 Å². The Labute approximate surface area is 112 Å². The van der Waals surface area contributed by atoms with Crippen molar-refractivity contribution in [3.05, 3.63) is 35.4 Å². The van der Waals surface area contributed by atoms with E-state index in [4.69, 9.17) is 4.74 Å². The zero-order chi connectivity index (χ0) is 13.4. The van der Waals surface area contributed by atoms with Crippen molar-refractivity contribution in [1.82, 2.24) is 0 Å². The first-order valence-corrected chi connectivity index (χ1v) is 7.14. The van der Waals surface area contributed by atoms with E-state index < -0.39 is 0 Å². The number of benzene rings is 1. The lowest BCUT2D eigenvalue weighted by Gasteiger charge is -2.35. The minimum atomic E-state index is 0.734. The van der Waals surface area contributed by atoms with Gasteiger partial charge in [0, 0.05) is 0 Å². The topological polar surface area (TPSA) is 9.23 Å². The first kappa shape index (κ1) is 15.2. The average Bonchev–Trinajstić information content (AvgIpc) is 2.42. The van der Waals surface area contributed by atoms with Crippen LogP contribution >= 0.6 is 0 Å². The normalized spacial score (nSPS) is 11.8. The van der Waals surface area contributed by atoms with E-state index in [1.54, 1.807) is 0 Å². The molecule has 0 amide bonds. The van der Waals surface area contributed by atoms with Crippen LogP contribution in [0.25, 0.3) is 0 Å². The molecule has 0 heterocycles. The Morgan fingerprint density at radius 1 is 0.944 bits per heavy atom. The number of rotatable bonds is 8. The zero-order valence-corrected chi connectivity index (χ0v) is 12.4. The molecule has 1 aromatic carbocycles. The average molecular weight is 250 g/mol. The van der Waals surface area contributed by atoms with Gasteiger partial charge in [-0.3, -0.25) is 0 Å². The van der Waals surface area contributed by atoms with Gasteiger partial charge < -0.3 is 9.22 Å². The van der Waals surface area contributed by atoms with Crippen LogP contribution in [0.5, 0.6) is 0 Å². The Hall–Kier alpha value is -0.860. The van der Waals surface area contributed by atoms with Crippen LogP contribution in [-0.2, 0) is 11.3 Å². The second kappa shape index (κ2) is 7.55. The molecule has 0 radical (unpaired) electrons. The zero-order valence-electron chi connectivity index (χ0n) is 12.4. The molecule has 0 spiro atoms. The first-order valence-electron chi connectivity index (χ1n) is 7.14. The summed E-state index contributed by atoms with van der Waals surface area (Å²) in [4.78, 5) is 0. The van der Waals surface area contributed by atoms with E-state index in [9.17, 15) is 0 Å². The van der Waals surface area contributed by atoms with Gasteiger partial charge in [0.1, 0.15) is 6.54 Å². The molecule has 2 nitrogen and oxygen atoms in total. The lowest BCUT2D eigenvalue weighted by atomic mass is 10.2. The Balaban J connectivity index is 2.31. The van der Waals surface area contributed by atoms with Gasteiger partial charge in [-0.25, -0.2) is 0 Å². The van der Waals surface area contributed by atoms with Gasteiger partial charge in [0.15, 0.2) is 0 Å². The number of aryl methyl sites for hydroxylation is 1. The van der Waals surface area contributed by atoms with Crippen molar-refractivity contribution in [2.45, 2.75) is 34.3 Å². The fourth-order valence-electron chi connectivity index (χ4n) is 2.28. The van der Waals surface area contributed by atoms with E-state index in [0.717, 1.165) is 24.2 Å². The number of likely N-dealkylation sites (N-methyl/N-ethyl adjacent to an activating group) is 1. The molecule has 0 fully saturated rings. The second-order valence-corrected chi connectivity index (χ2v) is 5.05. The Morgan fingerprint density at radius 3 is 2.00 bits per heavy atom. The number of hydrogen-bond donors (Lipinski definition) is 0. The summed E-state index contributed by atoms with van der Waals surface area (Å²) in [7, 11) is 0. The Morgan fingerprint density at radius 2 is 1.50 bits per heavy atom. The third kappa shape index (κ3) is 4.43. The molecule has 18 heavy (non-hydrogen) atoms. The molecule has 0 N–H and O–H groups in total. The van der Waals surface area contributed by atoms with Crippen LogP contribution < -0.4 is 0 Å². The Kier molecular flexibility index (Phi) is 6.37. The van der Waals surface area contributed by atoms with E-state index in [0.29, 0.717) is 0 Å². The number of quaternary nitrogens is 1. The number of nitrogens with zero attached hydrogens (tertiary/aromatic N) is 1. The molecule has 0 saturated heterocycles. The lowest BCUT2D eigenvalue weighted by molar-refractivity contribution is -0.923. The van der Waals surface area contributed by atoms with Crippen LogP contribution in [0.2, 0.25) is 0 Å². The van der Waals surface area contributed by atoms with Gasteiger partial charge in [0.25, 0.3) is 0 Å². The summed E-state index contributed by atoms with van der Waals surface area (Å²) in [6, 6.07) is 8.58. The van der Waals surface area contributed by atoms with Crippen molar-refractivity contribution >= 4 is 0 Å². The summed E-state index contributed by atoms with van der Waals surface area (Å²) in [5.74, 6) is 0. The van der Waals surface area contributed by atoms with E-state index >= 15 is 0 Å². The molecule has 1 rings (SSSR count). The minimum Gasteiger partial charge on any atom is -0.371 e. The molecular weight excluding hydrogens is 222 g/mol. The highest BCUT2D eigenvalue weighted by Gasteiger charge is 2.19. The maximum absolute atomic E-state index is 5.80. The monoisotopic (exact) mass is 250 g/mol. The minimum absolute atomic E-state index is 0.734. The first-order chi connectivity index (χ1) is 8.65. The highest BCUT2D eigenvalue weighted by molar-refractivity contribution is 5.20. The van der Waals surface area contributed by atoms with Crippen molar-refractivity contribution in [3.63, 3.8) is 0 Å². The predicted octanol–water partition coefficient (Wildman–Crippen LogP) is 3.39. The van der Waals surface area contributed by atoms with Gasteiger partial charge in [-0.1, -0.05) is 29.8 Å². The maximum atomic E-state index is 5.80. The summed E-state index contributed by atoms with van der Waals surface area (Å²) < 4.78 is 6.97. The maximum Gasteiger partial charge on any atom is 0.102 e. The summed E-state index contributed by atoms with van der Waals surface area (Å²) >= 11 is 0. The van der Waals surface area contributed by atoms with Crippen molar-refractivity contribution in [2.75, 3.05) is 32.8 Å². The van der Waals surface area contributed by atoms with Gasteiger partial charge in [-0.15, -0.1) is 0 Å². The third-order valence-corrected chi connectivity index (χ3v) is 4.11. The van der Waals surface area contributed by atoms with Crippen molar-refractivity contribution in [1.29, 1.82) is 0 Å². The van der Waals surface area contributed by atoms with Crippen LogP contribution in [0, 0.1) is 6.92 Å². The molecule has 0 atom stereocenters. The highest BCUT2D eigenvalue weighted by atomic mass is 16.5. The highest BCUT2D eigenvalue weighted by Crippen LogP contribution is 2.07. The molecule has 2 heteroatoms. The lowest BCUT2D eigenvalue weighted by Crippen LogP contribution is -2.49. The molecule has 0 aliphatic rings. The third-order valence-electron chi connectivity index (χ3n) is 4.11. The predicted molar refractivity (Wildman–Crippen MR) is 77.6 cm³/mol. The molecular formula is C16H28NO+. The molecule has 0 unspecified atom stereocenters. The summed E-state index contributed by atoms with van der Waals surface area (Å²) in [6.45, 7) is 15.2. The van der Waals surface area contributed by atoms with Crippen molar-refractivity contribution in [3.8, 4) is 0 Å². The van der Waals surface area contributed by atoms with Crippen molar-refractivity contribution < 1.29 is 9.22 Å². The summed E-state index contributed by atoms with van der Waals surface area (Å²) in [5.41, 5.74) is 2.57. The van der Waals surface area contributed by atoms with Crippen LogP contribution in [-0.4, -0.2) is 37.3 Å². The van der Waals surface area contributed by atoms with Gasteiger partial charge >= 0.3 is 0 Å². The van der Waals surface area contributed by atoms with E-state index in [-0.39, 0.29) is 0 Å². The molecule has 0 aliphatic carbocycles. The number of ether oxygens (including phenoxy) is 1. The summed E-state index contributed by atoms with van der Waals surface area (Å²) in [6.07, 6.45) is 0. The smallest absolute Gasteiger partial charge is 0.102 e. The van der Waals surface area contributed by atoms with Gasteiger partial charge in [0.2, 0.25) is 0 Å². The van der Waals surface area contributed by atoms with Crippen LogP contribution in [0.1, 0.15) is 31.9 Å². The van der Waals surface area contributed by atoms with Gasteiger partial charge in [0.05, 0.1) is 32.8 Å². The Bertz CT molecular complexity index is 319.